The molecular formula is C8H11NO2. The smallest absolute Gasteiger partial charge is 0.332 e. The second kappa shape index (κ2) is 5.41. The molecule has 0 saturated heterocycles. The average molecular weight is 153 g/mol. The minimum atomic E-state index is -0.942. The van der Waals surface area contributed by atoms with Crippen LogP contribution in [0.5, 0.6) is 0 Å². The fourth-order valence-electron chi connectivity index (χ4n) is 0.346. The first kappa shape index (κ1) is 9.62. The zero-order valence-electron chi connectivity index (χ0n) is 6.61. The second-order valence-corrected chi connectivity index (χ2v) is 1.94. The summed E-state index contributed by atoms with van der Waals surface area (Å²) in [6.07, 6.45) is 6.38. The van der Waals surface area contributed by atoms with E-state index in [-0.39, 0.29) is 5.57 Å². The molecule has 0 amide bonds. The van der Waals surface area contributed by atoms with Crippen LogP contribution in [0.3, 0.4) is 0 Å². The highest BCUT2D eigenvalue weighted by atomic mass is 16.4. The van der Waals surface area contributed by atoms with Crippen LogP contribution in [0.2, 0.25) is 0 Å². The lowest BCUT2D eigenvalue weighted by molar-refractivity contribution is -0.132. The van der Waals surface area contributed by atoms with Crippen LogP contribution >= 0.6 is 0 Å². The molecule has 0 aromatic rings. The Bertz CT molecular complexity index is 214. The van der Waals surface area contributed by atoms with Gasteiger partial charge >= 0.3 is 5.97 Å². The first-order valence-electron chi connectivity index (χ1n) is 3.23. The lowest BCUT2D eigenvalue weighted by Crippen LogP contribution is -1.94. The average Bonchev–Trinajstić information content (AvgIpc) is 1.97. The Kier molecular flexibility index (Phi) is 4.73. The van der Waals surface area contributed by atoms with E-state index < -0.39 is 5.97 Å². The number of nitrogens with zero attached hydrogens (tertiary/aromatic N) is 1. The van der Waals surface area contributed by atoms with Gasteiger partial charge in [0.05, 0.1) is 5.57 Å². The summed E-state index contributed by atoms with van der Waals surface area (Å²) in [4.78, 5) is 13.9. The van der Waals surface area contributed by atoms with Crippen LogP contribution in [0, 0.1) is 0 Å². The highest BCUT2D eigenvalue weighted by Gasteiger charge is 1.95. The van der Waals surface area contributed by atoms with E-state index in [2.05, 4.69) is 4.99 Å². The fraction of sp³-hybridized carbons (Fsp3) is 0.250. The van der Waals surface area contributed by atoms with Crippen LogP contribution in [-0.2, 0) is 4.79 Å². The Morgan fingerprint density at radius 3 is 2.64 bits per heavy atom. The van der Waals surface area contributed by atoms with Gasteiger partial charge in [0.15, 0.2) is 0 Å². The number of aliphatic imine (C=N–C) groups is 1. The van der Waals surface area contributed by atoms with Crippen LogP contribution in [0.4, 0.5) is 0 Å². The molecule has 0 heterocycles. The van der Waals surface area contributed by atoms with Gasteiger partial charge in [0, 0.05) is 12.4 Å². The summed E-state index contributed by atoms with van der Waals surface area (Å²) in [7, 11) is 0. The third-order valence-corrected chi connectivity index (χ3v) is 0.970. The molecule has 0 aromatic heterocycles. The molecule has 0 atom stereocenters. The molecule has 0 radical (unpaired) electrons. The monoisotopic (exact) mass is 153 g/mol. The number of carboxylic acids is 1. The molecule has 0 bridgehead atoms. The quantitative estimate of drug-likeness (QED) is 0.494. The fourth-order valence-corrected chi connectivity index (χ4v) is 0.346. The van der Waals surface area contributed by atoms with Gasteiger partial charge in [0.25, 0.3) is 0 Å². The minimum Gasteiger partial charge on any atom is -0.478 e. The highest BCUT2D eigenvalue weighted by Crippen LogP contribution is 1.90. The molecule has 0 unspecified atom stereocenters. The molecular weight excluding hydrogens is 142 g/mol. The topological polar surface area (TPSA) is 49.7 Å². The summed E-state index contributed by atoms with van der Waals surface area (Å²) < 4.78 is 0. The van der Waals surface area contributed by atoms with E-state index in [0.717, 1.165) is 0 Å². The molecule has 0 aliphatic heterocycles. The maximum absolute atomic E-state index is 10.2. The minimum absolute atomic E-state index is 0.228. The molecule has 0 saturated carbocycles. The second-order valence-electron chi connectivity index (χ2n) is 1.94. The van der Waals surface area contributed by atoms with Gasteiger partial charge in [-0.25, -0.2) is 4.79 Å². The van der Waals surface area contributed by atoms with Gasteiger partial charge in [-0.1, -0.05) is 6.08 Å². The molecule has 0 aliphatic rings. The zero-order chi connectivity index (χ0) is 8.69. The Hall–Kier alpha value is -1.38. The molecule has 3 heteroatoms. The van der Waals surface area contributed by atoms with Crippen molar-refractivity contribution in [1.29, 1.82) is 0 Å². The third kappa shape index (κ3) is 5.08. The number of rotatable bonds is 3. The Labute approximate surface area is 65.8 Å². The van der Waals surface area contributed by atoms with E-state index in [4.69, 9.17) is 5.11 Å². The summed E-state index contributed by atoms with van der Waals surface area (Å²) in [6, 6.07) is 0. The van der Waals surface area contributed by atoms with Crippen LogP contribution in [-0.4, -0.2) is 17.3 Å². The normalized spacial score (nSPS) is 13.1. The summed E-state index contributed by atoms with van der Waals surface area (Å²) in [5, 5.41) is 8.38. The number of carboxylic acid groups (broad SMARTS) is 1. The first-order chi connectivity index (χ1) is 5.18. The van der Waals surface area contributed by atoms with Gasteiger partial charge in [-0.3, -0.25) is 4.99 Å². The van der Waals surface area contributed by atoms with Gasteiger partial charge < -0.3 is 5.11 Å². The molecule has 3 nitrogen and oxygen atoms in total. The molecule has 0 fully saturated rings. The number of allylic oxidation sites excluding steroid dienone is 2. The Morgan fingerprint density at radius 1 is 1.55 bits per heavy atom. The number of carbonyl (C=O) groups is 1. The Balaban J connectivity index is 4.01. The predicted octanol–water partition coefficient (Wildman–Crippen LogP) is 1.62. The molecule has 0 aliphatic carbocycles. The van der Waals surface area contributed by atoms with Crippen LogP contribution in [0.25, 0.3) is 0 Å². The summed E-state index contributed by atoms with van der Waals surface area (Å²) in [5.41, 5.74) is 0.228. The third-order valence-electron chi connectivity index (χ3n) is 0.970. The largest absolute Gasteiger partial charge is 0.478 e. The molecule has 0 rings (SSSR count). The maximum Gasteiger partial charge on any atom is 0.332 e. The SMILES string of the molecule is C\C=C/C=N\C=C(/C)C(=O)O. The van der Waals surface area contributed by atoms with E-state index in [9.17, 15) is 4.79 Å². The van der Waals surface area contributed by atoms with Crippen molar-refractivity contribution in [2.45, 2.75) is 13.8 Å². The lowest BCUT2D eigenvalue weighted by Gasteiger charge is -1.85. The van der Waals surface area contributed by atoms with Crippen molar-refractivity contribution in [1.82, 2.24) is 0 Å². The number of hydrogen-bond acceptors (Lipinski definition) is 2. The summed E-state index contributed by atoms with van der Waals surface area (Å²) in [6.45, 7) is 3.36. The highest BCUT2D eigenvalue weighted by molar-refractivity contribution is 5.86. The summed E-state index contributed by atoms with van der Waals surface area (Å²) >= 11 is 0. The van der Waals surface area contributed by atoms with Crippen LogP contribution in [0.1, 0.15) is 13.8 Å². The van der Waals surface area contributed by atoms with Crippen molar-refractivity contribution >= 4 is 12.2 Å². The first-order valence-corrected chi connectivity index (χ1v) is 3.23. The van der Waals surface area contributed by atoms with E-state index >= 15 is 0 Å². The zero-order valence-corrected chi connectivity index (χ0v) is 6.61. The molecule has 0 aromatic carbocycles. The van der Waals surface area contributed by atoms with Gasteiger partial charge in [-0.15, -0.1) is 0 Å². The van der Waals surface area contributed by atoms with Crippen molar-refractivity contribution in [2.24, 2.45) is 4.99 Å². The molecule has 0 spiro atoms. The molecule has 11 heavy (non-hydrogen) atoms. The van der Waals surface area contributed by atoms with E-state index in [1.54, 1.807) is 6.08 Å². The van der Waals surface area contributed by atoms with Crippen LogP contribution < -0.4 is 0 Å². The predicted molar refractivity (Wildman–Crippen MR) is 44.7 cm³/mol. The van der Waals surface area contributed by atoms with Crippen LogP contribution in [0.15, 0.2) is 28.9 Å². The van der Waals surface area contributed by atoms with Crippen molar-refractivity contribution in [3.05, 3.63) is 23.9 Å². The maximum atomic E-state index is 10.2. The number of aliphatic carboxylic acids is 1. The van der Waals surface area contributed by atoms with Crippen molar-refractivity contribution < 1.29 is 9.90 Å². The standard InChI is InChI=1S/C8H11NO2/c1-3-4-5-9-6-7(2)8(10)11/h3-6H,1-2H3,(H,10,11)/b4-3-,7-6+,9-5-. The van der Waals surface area contributed by atoms with Gasteiger partial charge in [-0.05, 0) is 19.9 Å². The van der Waals surface area contributed by atoms with Gasteiger partial charge in [0.2, 0.25) is 0 Å². The van der Waals surface area contributed by atoms with Crippen molar-refractivity contribution in [2.75, 3.05) is 0 Å². The molecule has 1 N–H and O–H groups in total. The van der Waals surface area contributed by atoms with Crippen molar-refractivity contribution in [3.63, 3.8) is 0 Å². The van der Waals surface area contributed by atoms with Gasteiger partial charge in [0.1, 0.15) is 0 Å². The van der Waals surface area contributed by atoms with E-state index in [0.29, 0.717) is 0 Å². The van der Waals surface area contributed by atoms with Crippen molar-refractivity contribution in [3.8, 4) is 0 Å². The lowest BCUT2D eigenvalue weighted by atomic mass is 10.3. The van der Waals surface area contributed by atoms with E-state index in [1.807, 2.05) is 13.0 Å². The Morgan fingerprint density at radius 2 is 2.18 bits per heavy atom. The van der Waals surface area contributed by atoms with Gasteiger partial charge in [-0.2, -0.15) is 0 Å². The number of hydrogen-bond donors (Lipinski definition) is 1. The molecule has 60 valence electrons. The van der Waals surface area contributed by atoms with E-state index in [1.165, 1.54) is 19.3 Å². The summed E-state index contributed by atoms with van der Waals surface area (Å²) in [5.74, 6) is -0.942.